The summed E-state index contributed by atoms with van der Waals surface area (Å²) in [5.74, 6) is -0.684. The molecular weight excluding hydrogens is 296 g/mol. The Morgan fingerprint density at radius 1 is 1.26 bits per heavy atom. The zero-order chi connectivity index (χ0) is 17.0. The van der Waals surface area contributed by atoms with E-state index in [9.17, 15) is 14.7 Å². The van der Waals surface area contributed by atoms with Crippen molar-refractivity contribution in [3.63, 3.8) is 0 Å². The van der Waals surface area contributed by atoms with E-state index in [2.05, 4.69) is 15.4 Å². The zero-order valence-electron chi connectivity index (χ0n) is 13.4. The van der Waals surface area contributed by atoms with Crippen molar-refractivity contribution >= 4 is 11.9 Å². The van der Waals surface area contributed by atoms with Gasteiger partial charge in [0.15, 0.2) is 5.82 Å². The third kappa shape index (κ3) is 4.38. The highest BCUT2D eigenvalue weighted by Crippen LogP contribution is 2.15. The molecule has 0 fully saturated rings. The molecule has 0 aliphatic heterocycles. The average Bonchev–Trinajstić information content (AvgIpc) is 2.92. The predicted molar refractivity (Wildman–Crippen MR) is 84.8 cm³/mol. The lowest BCUT2D eigenvalue weighted by Gasteiger charge is -2.16. The number of amides is 1. The monoisotopic (exact) mass is 316 g/mol. The van der Waals surface area contributed by atoms with Crippen molar-refractivity contribution in [3.8, 4) is 11.4 Å². The number of aliphatic carboxylic acids is 1. The van der Waals surface area contributed by atoms with Crippen LogP contribution in [0, 0.1) is 5.92 Å². The third-order valence-electron chi connectivity index (χ3n) is 3.32. The number of hydrogen-bond donors (Lipinski definition) is 2. The van der Waals surface area contributed by atoms with E-state index in [4.69, 9.17) is 0 Å². The summed E-state index contributed by atoms with van der Waals surface area (Å²) in [4.78, 5) is 27.5. The maximum atomic E-state index is 12.2. The Labute approximate surface area is 134 Å². The zero-order valence-corrected chi connectivity index (χ0v) is 13.4. The molecule has 2 aromatic rings. The number of hydrogen-bond acceptors (Lipinski definition) is 4. The molecule has 1 atom stereocenters. The van der Waals surface area contributed by atoms with Gasteiger partial charge in [0.2, 0.25) is 0 Å². The lowest BCUT2D eigenvalue weighted by molar-refractivity contribution is -0.139. The van der Waals surface area contributed by atoms with Gasteiger partial charge in [-0.15, -0.1) is 0 Å². The Kier molecular flexibility index (Phi) is 5.10. The minimum atomic E-state index is -1.03. The largest absolute Gasteiger partial charge is 0.480 e. The van der Waals surface area contributed by atoms with Gasteiger partial charge in [0.1, 0.15) is 12.4 Å². The number of nitrogens with zero attached hydrogens (tertiary/aromatic N) is 3. The van der Waals surface area contributed by atoms with Crippen LogP contribution in [0.5, 0.6) is 0 Å². The molecule has 0 saturated carbocycles. The van der Waals surface area contributed by atoms with Gasteiger partial charge in [0.05, 0.1) is 0 Å². The first-order valence-corrected chi connectivity index (χ1v) is 7.36. The van der Waals surface area contributed by atoms with Crippen LogP contribution in [0.15, 0.2) is 30.6 Å². The van der Waals surface area contributed by atoms with E-state index >= 15 is 0 Å². The van der Waals surface area contributed by atoms with Crippen LogP contribution >= 0.6 is 0 Å². The number of aromatic nitrogens is 3. The van der Waals surface area contributed by atoms with Crippen LogP contribution in [0.3, 0.4) is 0 Å². The Bertz CT molecular complexity index is 692. The van der Waals surface area contributed by atoms with Gasteiger partial charge in [0, 0.05) is 18.2 Å². The van der Waals surface area contributed by atoms with E-state index in [0.29, 0.717) is 17.8 Å². The molecule has 1 heterocycles. The van der Waals surface area contributed by atoms with E-state index in [1.54, 1.807) is 42.3 Å². The van der Waals surface area contributed by atoms with Gasteiger partial charge in [0.25, 0.3) is 5.91 Å². The molecule has 0 radical (unpaired) electrons. The van der Waals surface area contributed by atoms with E-state index in [1.807, 2.05) is 13.8 Å². The molecule has 23 heavy (non-hydrogen) atoms. The summed E-state index contributed by atoms with van der Waals surface area (Å²) in [5, 5.41) is 15.9. The molecule has 0 unspecified atom stereocenters. The van der Waals surface area contributed by atoms with Crippen LogP contribution in [-0.4, -0.2) is 37.8 Å². The van der Waals surface area contributed by atoms with Gasteiger partial charge in [-0.2, -0.15) is 5.10 Å². The summed E-state index contributed by atoms with van der Waals surface area (Å²) in [5.41, 5.74) is 1.19. The fraction of sp³-hybridized carbons (Fsp3) is 0.375. The van der Waals surface area contributed by atoms with Crippen LogP contribution in [-0.2, 0) is 11.8 Å². The molecule has 0 spiro atoms. The molecule has 7 heteroatoms. The Balaban J connectivity index is 2.09. The van der Waals surface area contributed by atoms with Crippen molar-refractivity contribution < 1.29 is 14.7 Å². The van der Waals surface area contributed by atoms with E-state index < -0.39 is 17.9 Å². The first kappa shape index (κ1) is 16.7. The lowest BCUT2D eigenvalue weighted by Crippen LogP contribution is -2.41. The molecular formula is C16H20N4O3. The van der Waals surface area contributed by atoms with E-state index in [1.165, 1.54) is 0 Å². The highest BCUT2D eigenvalue weighted by Gasteiger charge is 2.21. The molecule has 1 amide bonds. The lowest BCUT2D eigenvalue weighted by atomic mass is 10.0. The summed E-state index contributed by atoms with van der Waals surface area (Å²) >= 11 is 0. The average molecular weight is 316 g/mol. The second-order valence-electron chi connectivity index (χ2n) is 5.81. The number of carbonyl (C=O) groups excluding carboxylic acids is 1. The predicted octanol–water partition coefficient (Wildman–Crippen LogP) is 1.71. The van der Waals surface area contributed by atoms with Crippen molar-refractivity contribution in [3.05, 3.63) is 36.2 Å². The standard InChI is InChI=1S/C16H20N4O3/c1-10(2)8-13(16(22)23)18-15(21)12-6-4-11(5-7-12)14-17-9-20(3)19-14/h4-7,9-10,13H,8H2,1-3H3,(H,18,21)(H,22,23)/t13-/m1/s1. The van der Waals surface area contributed by atoms with Crippen LogP contribution in [0.2, 0.25) is 0 Å². The summed E-state index contributed by atoms with van der Waals surface area (Å²) in [6.45, 7) is 3.83. The van der Waals surface area contributed by atoms with Crippen molar-refractivity contribution in [2.75, 3.05) is 0 Å². The molecule has 0 aliphatic carbocycles. The molecule has 0 aliphatic rings. The SMILES string of the molecule is CC(C)C[C@@H](NC(=O)c1ccc(-c2ncn(C)n2)cc1)C(=O)O. The fourth-order valence-electron chi connectivity index (χ4n) is 2.18. The van der Waals surface area contributed by atoms with Crippen LogP contribution < -0.4 is 5.32 Å². The number of benzene rings is 1. The summed E-state index contributed by atoms with van der Waals surface area (Å²) < 4.78 is 1.60. The van der Waals surface area contributed by atoms with Gasteiger partial charge in [-0.3, -0.25) is 9.48 Å². The van der Waals surface area contributed by atoms with Gasteiger partial charge in [-0.05, 0) is 24.5 Å². The maximum Gasteiger partial charge on any atom is 0.326 e. The molecule has 7 nitrogen and oxygen atoms in total. The van der Waals surface area contributed by atoms with Crippen molar-refractivity contribution in [2.24, 2.45) is 13.0 Å². The van der Waals surface area contributed by atoms with Crippen LogP contribution in [0.25, 0.3) is 11.4 Å². The Hall–Kier alpha value is -2.70. The van der Waals surface area contributed by atoms with E-state index in [0.717, 1.165) is 5.56 Å². The first-order valence-electron chi connectivity index (χ1n) is 7.36. The molecule has 2 N–H and O–H groups in total. The topological polar surface area (TPSA) is 97.1 Å². The normalized spacial score (nSPS) is 12.2. The molecule has 1 aromatic carbocycles. The van der Waals surface area contributed by atoms with Crippen molar-refractivity contribution in [2.45, 2.75) is 26.3 Å². The molecule has 0 bridgehead atoms. The highest BCUT2D eigenvalue weighted by molar-refractivity contribution is 5.96. The first-order chi connectivity index (χ1) is 10.9. The second-order valence-corrected chi connectivity index (χ2v) is 5.81. The summed E-state index contributed by atoms with van der Waals surface area (Å²) in [6, 6.07) is 5.86. The van der Waals surface area contributed by atoms with Crippen LogP contribution in [0.1, 0.15) is 30.6 Å². The third-order valence-corrected chi connectivity index (χ3v) is 3.32. The second kappa shape index (κ2) is 7.04. The number of carbonyl (C=O) groups is 2. The Morgan fingerprint density at radius 2 is 1.91 bits per heavy atom. The van der Waals surface area contributed by atoms with E-state index in [-0.39, 0.29) is 5.92 Å². The fourth-order valence-corrected chi connectivity index (χ4v) is 2.18. The maximum absolute atomic E-state index is 12.2. The minimum absolute atomic E-state index is 0.175. The number of carboxylic acid groups (broad SMARTS) is 1. The number of nitrogens with one attached hydrogen (secondary N) is 1. The van der Waals surface area contributed by atoms with Gasteiger partial charge in [-0.1, -0.05) is 26.0 Å². The Morgan fingerprint density at radius 3 is 2.39 bits per heavy atom. The van der Waals surface area contributed by atoms with Gasteiger partial charge >= 0.3 is 5.97 Å². The molecule has 2 rings (SSSR count). The highest BCUT2D eigenvalue weighted by atomic mass is 16.4. The molecule has 1 aromatic heterocycles. The quantitative estimate of drug-likeness (QED) is 0.845. The summed E-state index contributed by atoms with van der Waals surface area (Å²) in [7, 11) is 1.78. The van der Waals surface area contributed by atoms with Crippen molar-refractivity contribution in [1.82, 2.24) is 20.1 Å². The van der Waals surface area contributed by atoms with Gasteiger partial charge in [-0.25, -0.2) is 9.78 Å². The molecule has 122 valence electrons. The smallest absolute Gasteiger partial charge is 0.326 e. The minimum Gasteiger partial charge on any atom is -0.480 e. The van der Waals surface area contributed by atoms with Crippen molar-refractivity contribution in [1.29, 1.82) is 0 Å². The summed E-state index contributed by atoms with van der Waals surface area (Å²) in [6.07, 6.45) is 1.98. The number of aryl methyl sites for hydroxylation is 1. The number of carboxylic acids is 1. The molecule has 0 saturated heterocycles. The number of rotatable bonds is 6. The van der Waals surface area contributed by atoms with Gasteiger partial charge < -0.3 is 10.4 Å². The van der Waals surface area contributed by atoms with Crippen LogP contribution in [0.4, 0.5) is 0 Å².